The van der Waals surface area contributed by atoms with Crippen LogP contribution in [-0.4, -0.2) is 38.3 Å². The van der Waals surface area contributed by atoms with E-state index >= 15 is 0 Å². The van der Waals surface area contributed by atoms with E-state index < -0.39 is 0 Å². The Kier molecular flexibility index (Phi) is 14.4. The molecule has 0 aliphatic heterocycles. The van der Waals surface area contributed by atoms with Crippen LogP contribution >= 0.6 is 0 Å². The maximum atomic E-state index is 12.8. The van der Waals surface area contributed by atoms with E-state index in [0.29, 0.717) is 25.0 Å². The van der Waals surface area contributed by atoms with Crippen molar-refractivity contribution in [3.05, 3.63) is 23.1 Å². The fourth-order valence-corrected chi connectivity index (χ4v) is 3.78. The number of hydrogen-bond acceptors (Lipinski definition) is 6. The standard InChI is InChI=1S/C25H41NO5/c1-4-5-6-7-8-9-10-11-12-13-14-16-20-24(29)21(19-22(27)25(20)31-3)26-18-15-17-23(28)30-2/h19,26H,4-18H2,1-3H3. The van der Waals surface area contributed by atoms with Crippen LogP contribution in [0.2, 0.25) is 0 Å². The van der Waals surface area contributed by atoms with Crippen molar-refractivity contribution < 1.29 is 23.9 Å². The van der Waals surface area contributed by atoms with Crippen molar-refractivity contribution >= 4 is 17.5 Å². The Hall–Kier alpha value is -2.11. The normalized spacial score (nSPS) is 14.0. The molecule has 0 radical (unpaired) electrons. The molecular formula is C25H41NO5. The summed E-state index contributed by atoms with van der Waals surface area (Å²) in [7, 11) is 2.78. The first-order valence-electron chi connectivity index (χ1n) is 11.9. The SMILES string of the molecule is CCCCCCCCCCCCCC1=C(OC)C(=O)C=C(NCCCC(=O)OC)C1=O. The van der Waals surface area contributed by atoms with Crippen molar-refractivity contribution in [2.45, 2.75) is 96.8 Å². The molecule has 0 aromatic carbocycles. The van der Waals surface area contributed by atoms with Crippen LogP contribution in [0.4, 0.5) is 0 Å². The van der Waals surface area contributed by atoms with Gasteiger partial charge in [0.25, 0.3) is 0 Å². The van der Waals surface area contributed by atoms with Crippen LogP contribution in [0.5, 0.6) is 0 Å². The van der Waals surface area contributed by atoms with Gasteiger partial charge in [-0.05, 0) is 19.3 Å². The average molecular weight is 436 g/mol. The van der Waals surface area contributed by atoms with Crippen LogP contribution < -0.4 is 5.32 Å². The van der Waals surface area contributed by atoms with Crippen molar-refractivity contribution in [3.63, 3.8) is 0 Å². The zero-order valence-electron chi connectivity index (χ0n) is 19.7. The molecule has 0 spiro atoms. The van der Waals surface area contributed by atoms with Gasteiger partial charge in [0.05, 0.1) is 19.9 Å². The quantitative estimate of drug-likeness (QED) is 0.182. The van der Waals surface area contributed by atoms with Crippen LogP contribution in [0.15, 0.2) is 23.1 Å². The van der Waals surface area contributed by atoms with Crippen LogP contribution in [-0.2, 0) is 23.9 Å². The Bertz CT molecular complexity index is 636. The Balaban J connectivity index is 2.34. The molecule has 176 valence electrons. The third kappa shape index (κ3) is 10.7. The van der Waals surface area contributed by atoms with E-state index in [1.54, 1.807) is 0 Å². The highest BCUT2D eigenvalue weighted by atomic mass is 16.5. The van der Waals surface area contributed by atoms with Gasteiger partial charge in [0.1, 0.15) is 0 Å². The lowest BCUT2D eigenvalue weighted by molar-refractivity contribution is -0.140. The maximum absolute atomic E-state index is 12.8. The number of hydrogen-bond donors (Lipinski definition) is 1. The minimum absolute atomic E-state index is 0.164. The molecule has 0 aromatic rings. The summed E-state index contributed by atoms with van der Waals surface area (Å²) in [5, 5.41) is 2.99. The van der Waals surface area contributed by atoms with Gasteiger partial charge in [-0.1, -0.05) is 71.1 Å². The molecule has 0 heterocycles. The Morgan fingerprint density at radius 3 is 2.00 bits per heavy atom. The number of allylic oxidation sites excluding steroid dienone is 2. The molecule has 0 aromatic heterocycles. The maximum Gasteiger partial charge on any atom is 0.305 e. The number of ketones is 2. The summed E-state index contributed by atoms with van der Waals surface area (Å²) >= 11 is 0. The minimum Gasteiger partial charge on any atom is -0.492 e. The summed E-state index contributed by atoms with van der Waals surface area (Å²) < 4.78 is 9.84. The lowest BCUT2D eigenvalue weighted by Crippen LogP contribution is -2.29. The molecule has 0 amide bonds. The monoisotopic (exact) mass is 435 g/mol. The number of rotatable bonds is 18. The van der Waals surface area contributed by atoms with E-state index in [2.05, 4.69) is 17.0 Å². The molecule has 6 heteroatoms. The van der Waals surface area contributed by atoms with Crippen LogP contribution in [0, 0.1) is 0 Å². The highest BCUT2D eigenvalue weighted by Crippen LogP contribution is 2.24. The summed E-state index contributed by atoms with van der Waals surface area (Å²) in [5.74, 6) is -0.588. The molecule has 0 saturated heterocycles. The Morgan fingerprint density at radius 2 is 1.45 bits per heavy atom. The van der Waals surface area contributed by atoms with Crippen molar-refractivity contribution in [2.24, 2.45) is 0 Å². The summed E-state index contributed by atoms with van der Waals surface area (Å²) in [6, 6.07) is 0. The lowest BCUT2D eigenvalue weighted by atomic mass is 9.93. The molecule has 1 N–H and O–H groups in total. The molecule has 1 aliphatic carbocycles. The predicted octanol–water partition coefficient (Wildman–Crippen LogP) is 5.17. The first-order valence-corrected chi connectivity index (χ1v) is 11.9. The molecule has 1 rings (SSSR count). The first-order chi connectivity index (χ1) is 15.0. The number of carbonyl (C=O) groups excluding carboxylic acids is 3. The zero-order valence-corrected chi connectivity index (χ0v) is 19.7. The van der Waals surface area contributed by atoms with Gasteiger partial charge in [-0.3, -0.25) is 14.4 Å². The molecule has 0 unspecified atom stereocenters. The molecule has 1 aliphatic rings. The van der Waals surface area contributed by atoms with E-state index in [4.69, 9.17) is 4.74 Å². The van der Waals surface area contributed by atoms with Crippen molar-refractivity contribution in [2.75, 3.05) is 20.8 Å². The summed E-state index contributed by atoms with van der Waals surface area (Å²) in [4.78, 5) is 36.4. The van der Waals surface area contributed by atoms with Gasteiger partial charge in [0, 0.05) is 24.6 Å². The number of nitrogens with one attached hydrogen (secondary N) is 1. The second-order valence-corrected chi connectivity index (χ2v) is 8.16. The Morgan fingerprint density at radius 1 is 0.871 bits per heavy atom. The number of methoxy groups -OCH3 is 2. The fourth-order valence-electron chi connectivity index (χ4n) is 3.78. The van der Waals surface area contributed by atoms with Gasteiger partial charge >= 0.3 is 5.97 Å². The van der Waals surface area contributed by atoms with Crippen molar-refractivity contribution in [1.82, 2.24) is 5.32 Å². The van der Waals surface area contributed by atoms with Gasteiger partial charge in [-0.2, -0.15) is 0 Å². The number of Topliss-reactive ketones (excluding diaryl/α,β-unsaturated/α-hetero) is 1. The predicted molar refractivity (Wildman–Crippen MR) is 122 cm³/mol. The number of unbranched alkanes of at least 4 members (excludes halogenated alkanes) is 10. The molecule has 31 heavy (non-hydrogen) atoms. The molecule has 0 fully saturated rings. The van der Waals surface area contributed by atoms with Crippen LogP contribution in [0.3, 0.4) is 0 Å². The second kappa shape index (κ2) is 16.6. The average Bonchev–Trinajstić information content (AvgIpc) is 2.77. The fraction of sp³-hybridized carbons (Fsp3) is 0.720. The topological polar surface area (TPSA) is 81.7 Å². The third-order valence-corrected chi connectivity index (χ3v) is 5.63. The van der Waals surface area contributed by atoms with E-state index in [0.717, 1.165) is 19.3 Å². The highest BCUT2D eigenvalue weighted by Gasteiger charge is 2.28. The second-order valence-electron chi connectivity index (χ2n) is 8.16. The molecule has 0 saturated carbocycles. The van der Waals surface area contributed by atoms with Gasteiger partial charge < -0.3 is 14.8 Å². The molecular weight excluding hydrogens is 394 g/mol. The zero-order chi connectivity index (χ0) is 22.9. The summed E-state index contributed by atoms with van der Waals surface area (Å²) in [6.45, 7) is 2.66. The first kappa shape index (κ1) is 26.9. The van der Waals surface area contributed by atoms with Gasteiger partial charge in [-0.25, -0.2) is 0 Å². The summed E-state index contributed by atoms with van der Waals surface area (Å²) in [6.07, 6.45) is 16.2. The number of ether oxygens (including phenoxy) is 2. The van der Waals surface area contributed by atoms with Crippen LogP contribution in [0.1, 0.15) is 96.8 Å². The number of esters is 1. The summed E-state index contributed by atoms with van der Waals surface area (Å²) in [5.41, 5.74) is 0.745. The van der Waals surface area contributed by atoms with E-state index in [9.17, 15) is 14.4 Å². The van der Waals surface area contributed by atoms with E-state index in [-0.39, 0.29) is 35.4 Å². The third-order valence-electron chi connectivity index (χ3n) is 5.63. The minimum atomic E-state index is -0.291. The molecule has 6 nitrogen and oxygen atoms in total. The highest BCUT2D eigenvalue weighted by molar-refractivity contribution is 6.21. The van der Waals surface area contributed by atoms with Gasteiger partial charge in [0.2, 0.25) is 11.6 Å². The van der Waals surface area contributed by atoms with E-state index in [1.807, 2.05) is 0 Å². The Labute approximate surface area is 187 Å². The van der Waals surface area contributed by atoms with E-state index in [1.165, 1.54) is 71.7 Å². The van der Waals surface area contributed by atoms with Gasteiger partial charge in [-0.15, -0.1) is 0 Å². The smallest absolute Gasteiger partial charge is 0.305 e. The van der Waals surface area contributed by atoms with Crippen molar-refractivity contribution in [1.29, 1.82) is 0 Å². The van der Waals surface area contributed by atoms with Crippen molar-refractivity contribution in [3.8, 4) is 0 Å². The largest absolute Gasteiger partial charge is 0.492 e. The molecule has 0 atom stereocenters. The van der Waals surface area contributed by atoms with Crippen LogP contribution in [0.25, 0.3) is 0 Å². The van der Waals surface area contributed by atoms with Gasteiger partial charge in [0.15, 0.2) is 5.76 Å². The number of carbonyl (C=O) groups is 3. The lowest BCUT2D eigenvalue weighted by Gasteiger charge is -2.19. The molecule has 0 bridgehead atoms.